The minimum Gasteiger partial charge on any atom is -0.461 e. The number of nitrogens with zero attached hydrogens (tertiary/aromatic N) is 5. The molecule has 9 nitrogen and oxygen atoms in total. The number of aromatic nitrogens is 2. The first kappa shape index (κ1) is 33.4. The fourth-order valence-electron chi connectivity index (χ4n) is 13.1. The fraction of sp³-hybridized carbons (Fsp3) is 0.561. The molecule has 0 radical (unpaired) electrons. The Labute approximate surface area is 324 Å². The molecule has 13 rings (SSSR count). The van der Waals surface area contributed by atoms with Gasteiger partial charge in [0.05, 0.1) is 26.5 Å². The molecule has 4 aliphatic carbocycles. The molecule has 9 fully saturated rings. The van der Waals surface area contributed by atoms with Crippen molar-refractivity contribution in [3.05, 3.63) is 46.1 Å². The number of fused-ring (bicyclic) bond motifs is 5. The zero-order valence-corrected chi connectivity index (χ0v) is 31.6. The highest BCUT2D eigenvalue weighted by molar-refractivity contribution is 7.23. The molecule has 4 bridgehead atoms. The number of alkyl halides is 1. The maximum absolute atomic E-state index is 17.5. The summed E-state index contributed by atoms with van der Waals surface area (Å²) in [4.78, 5) is 28.0. The molecule has 4 saturated carbocycles. The van der Waals surface area contributed by atoms with Crippen LogP contribution in [0, 0.1) is 52.1 Å². The van der Waals surface area contributed by atoms with Crippen LogP contribution in [0.5, 0.6) is 6.01 Å². The van der Waals surface area contributed by atoms with E-state index in [0.29, 0.717) is 48.7 Å². The number of nitriles is 1. The maximum atomic E-state index is 17.5. The summed E-state index contributed by atoms with van der Waals surface area (Å²) in [5.41, 5.74) is 6.48. The average molecular weight is 786 g/mol. The van der Waals surface area contributed by atoms with Crippen molar-refractivity contribution in [1.82, 2.24) is 25.1 Å². The van der Waals surface area contributed by atoms with Gasteiger partial charge in [-0.1, -0.05) is 17.7 Å². The molecule has 1 spiro atoms. The molecule has 4 aromatic rings. The maximum Gasteiger partial charge on any atom is 0.317 e. The Hall–Kier alpha value is -3.70. The van der Waals surface area contributed by atoms with Crippen molar-refractivity contribution in [1.29, 1.82) is 5.26 Å². The lowest BCUT2D eigenvalue weighted by Gasteiger charge is -2.43. The van der Waals surface area contributed by atoms with Gasteiger partial charge in [0.25, 0.3) is 0 Å². The van der Waals surface area contributed by atoms with Crippen LogP contribution in [0.25, 0.3) is 32.1 Å². The Morgan fingerprint density at radius 3 is 2.82 bits per heavy atom. The van der Waals surface area contributed by atoms with E-state index in [-0.39, 0.29) is 83.6 Å². The number of hydrogen-bond acceptors (Lipinski definition) is 9. The van der Waals surface area contributed by atoms with E-state index in [2.05, 4.69) is 21.2 Å². The van der Waals surface area contributed by atoms with Crippen molar-refractivity contribution in [2.75, 3.05) is 38.5 Å². The summed E-state index contributed by atoms with van der Waals surface area (Å²) >= 11 is 8.01. The third kappa shape index (κ3) is 4.35. The van der Waals surface area contributed by atoms with Crippen molar-refractivity contribution in [2.24, 2.45) is 29.1 Å². The number of hydrogen-bond donors (Lipinski definition) is 2. The number of benzene rings is 2. The van der Waals surface area contributed by atoms with E-state index in [1.807, 2.05) is 0 Å². The molecule has 3 N–H and O–H groups in total. The van der Waals surface area contributed by atoms with Crippen LogP contribution in [0.15, 0.2) is 18.2 Å². The minimum absolute atomic E-state index is 0.00214. The van der Waals surface area contributed by atoms with E-state index in [1.165, 1.54) is 25.0 Å². The summed E-state index contributed by atoms with van der Waals surface area (Å²) in [6.07, 6.45) is 6.41. The highest BCUT2D eigenvalue weighted by atomic mass is 35.5. The van der Waals surface area contributed by atoms with Crippen LogP contribution in [0.3, 0.4) is 0 Å². The lowest BCUT2D eigenvalue weighted by Crippen LogP contribution is -2.48. The van der Waals surface area contributed by atoms with Gasteiger partial charge in [0.2, 0.25) is 5.91 Å². The number of nitrogens with two attached hydrogens (primary N) is 1. The zero-order valence-electron chi connectivity index (χ0n) is 30.0. The standard InChI is InChI=1S/C41H39ClF3N7O2S/c42-25-8-23-31(29(45)28(25)22-4-5-26(44)33-27(22)24(13-46)36(47)55-33)49-38(54-17-39-6-1-7-52(39)16-21(43)12-39)50-35(23)41-10-18-9-40(41)11-20(34(40)41)15-51(14-18)37(53)32-30(48-32)19-2-3-19/h4-5,8,18-21,30,32,34,48H,1-3,6-7,9-12,14-17,47H2/t18?,20?,21-,30+,32-,34?,39+,40?,41?/m1/s1. The molecule has 5 unspecified atom stereocenters. The van der Waals surface area contributed by atoms with Crippen LogP contribution in [-0.2, 0) is 10.2 Å². The lowest BCUT2D eigenvalue weighted by molar-refractivity contribution is -0.134. The summed E-state index contributed by atoms with van der Waals surface area (Å²) in [7, 11) is 0. The highest BCUT2D eigenvalue weighted by Gasteiger charge is 2.88. The van der Waals surface area contributed by atoms with Gasteiger partial charge in [-0.25, -0.2) is 13.2 Å². The van der Waals surface area contributed by atoms with Crippen LogP contribution in [0.4, 0.5) is 18.2 Å². The van der Waals surface area contributed by atoms with Gasteiger partial charge in [-0.05, 0) is 98.3 Å². The SMILES string of the molecule is N#Cc1c(N)sc2c(F)ccc(-c3c(Cl)cc4c(C56CC7CN(C(=O)[C@@H]8N[C@H]8C8CC8)CC8CC5(C7)C86)nc(OC[C@@]56CCCN5C[C@H](F)C6)nc4c3F)c12. The van der Waals surface area contributed by atoms with E-state index in [1.54, 1.807) is 6.07 Å². The molecule has 5 saturated heterocycles. The third-order valence-electron chi connectivity index (χ3n) is 15.3. The number of carbonyl (C=O) groups is 1. The Balaban J connectivity index is 0.978. The lowest BCUT2D eigenvalue weighted by atomic mass is 9.69. The molecule has 7 heterocycles. The molecule has 5 aliphatic heterocycles. The number of anilines is 1. The van der Waals surface area contributed by atoms with Crippen LogP contribution in [-0.4, -0.2) is 82.3 Å². The third-order valence-corrected chi connectivity index (χ3v) is 16.6. The van der Waals surface area contributed by atoms with Gasteiger partial charge in [0, 0.05) is 53.8 Å². The summed E-state index contributed by atoms with van der Waals surface area (Å²) in [6, 6.07) is 6.82. The number of thiophene rings is 1. The predicted molar refractivity (Wildman–Crippen MR) is 201 cm³/mol. The van der Waals surface area contributed by atoms with Gasteiger partial charge in [0.15, 0.2) is 5.82 Å². The zero-order chi connectivity index (χ0) is 37.3. The molecule has 284 valence electrons. The second-order valence-corrected chi connectivity index (χ2v) is 19.5. The van der Waals surface area contributed by atoms with Gasteiger partial charge < -0.3 is 15.4 Å². The second-order valence-electron chi connectivity index (χ2n) is 18.0. The monoisotopic (exact) mass is 785 g/mol. The molecule has 1 amide bonds. The van der Waals surface area contributed by atoms with Crippen LogP contribution in [0.1, 0.15) is 62.6 Å². The Kier molecular flexibility index (Phi) is 6.70. The molecular formula is C41H39ClF3N7O2S. The number of amides is 1. The van der Waals surface area contributed by atoms with E-state index in [4.69, 9.17) is 32.0 Å². The van der Waals surface area contributed by atoms with E-state index in [9.17, 15) is 14.4 Å². The average Bonchev–Trinajstić information content (AvgIpc) is 4.05. The van der Waals surface area contributed by atoms with Crippen LogP contribution < -0.4 is 15.8 Å². The number of halogens is 4. The number of rotatable bonds is 7. The second kappa shape index (κ2) is 11.0. The van der Waals surface area contributed by atoms with Gasteiger partial charge in [0.1, 0.15) is 41.2 Å². The number of nitrogens with one attached hydrogen (secondary N) is 1. The molecule has 2 aromatic carbocycles. The molecule has 2 aromatic heterocycles. The van der Waals surface area contributed by atoms with Crippen molar-refractivity contribution in [3.8, 4) is 23.2 Å². The highest BCUT2D eigenvalue weighted by Crippen LogP contribution is 2.90. The summed E-state index contributed by atoms with van der Waals surface area (Å²) in [5.74, 6) is 0.491. The van der Waals surface area contributed by atoms with Gasteiger partial charge >= 0.3 is 6.01 Å². The predicted octanol–water partition coefficient (Wildman–Crippen LogP) is 6.73. The van der Waals surface area contributed by atoms with E-state index in [0.717, 1.165) is 62.2 Å². The topological polar surface area (TPSA) is 130 Å². The van der Waals surface area contributed by atoms with Gasteiger partial charge in [-0.15, -0.1) is 11.3 Å². The summed E-state index contributed by atoms with van der Waals surface area (Å²) in [5, 5.41) is 14.4. The summed E-state index contributed by atoms with van der Waals surface area (Å²) < 4.78 is 54.0. The normalized spacial score (nSPS) is 36.7. The largest absolute Gasteiger partial charge is 0.461 e. The first-order valence-corrected chi connectivity index (χ1v) is 20.9. The first-order valence-electron chi connectivity index (χ1n) is 19.7. The van der Waals surface area contributed by atoms with E-state index >= 15 is 8.78 Å². The van der Waals surface area contributed by atoms with Crippen molar-refractivity contribution in [3.63, 3.8) is 0 Å². The molecular weight excluding hydrogens is 747 g/mol. The van der Waals surface area contributed by atoms with Crippen LogP contribution in [0.2, 0.25) is 5.02 Å². The van der Waals surface area contributed by atoms with Crippen LogP contribution >= 0.6 is 22.9 Å². The van der Waals surface area contributed by atoms with Crippen molar-refractivity contribution < 1.29 is 22.7 Å². The molecule has 9 atom stereocenters. The van der Waals surface area contributed by atoms with E-state index < -0.39 is 23.3 Å². The first-order chi connectivity index (χ1) is 26.6. The van der Waals surface area contributed by atoms with Crippen molar-refractivity contribution in [2.45, 2.75) is 80.6 Å². The fourth-order valence-corrected chi connectivity index (χ4v) is 14.3. The smallest absolute Gasteiger partial charge is 0.317 e. The molecule has 55 heavy (non-hydrogen) atoms. The van der Waals surface area contributed by atoms with Crippen molar-refractivity contribution >= 4 is 54.8 Å². The van der Waals surface area contributed by atoms with Gasteiger partial charge in [-0.3, -0.25) is 15.0 Å². The Bertz CT molecular complexity index is 2450. The Morgan fingerprint density at radius 1 is 1.15 bits per heavy atom. The number of carbonyl (C=O) groups excluding carboxylic acids is 1. The van der Waals surface area contributed by atoms with Gasteiger partial charge in [-0.2, -0.15) is 15.2 Å². The summed E-state index contributed by atoms with van der Waals surface area (Å²) in [6.45, 7) is 2.81. The quantitative estimate of drug-likeness (QED) is 0.198. The molecule has 14 heteroatoms. The molecule has 9 aliphatic rings. The number of ether oxygens (including phenoxy) is 1. The minimum atomic E-state index is -0.934. The number of nitrogen functional groups attached to an aromatic ring is 1. The Morgan fingerprint density at radius 2 is 2.00 bits per heavy atom.